The second-order valence-electron chi connectivity index (χ2n) is 6.56. The zero-order valence-electron chi connectivity index (χ0n) is 15.1. The number of amides is 2. The number of benzene rings is 2. The average Bonchev–Trinajstić information content (AvgIpc) is 2.54. The summed E-state index contributed by atoms with van der Waals surface area (Å²) in [6.45, 7) is 2.32. The number of hydrogen-bond donors (Lipinski definition) is 2. The van der Waals surface area contributed by atoms with Gasteiger partial charge in [-0.05, 0) is 63.2 Å². The van der Waals surface area contributed by atoms with Crippen molar-refractivity contribution < 1.29 is 27.8 Å². The van der Waals surface area contributed by atoms with Crippen LogP contribution in [0.2, 0.25) is 0 Å². The number of hydrogen-bond acceptors (Lipinski definition) is 4. The summed E-state index contributed by atoms with van der Waals surface area (Å²) in [5.74, 6) is -0.433. The molecule has 2 rings (SSSR count). The summed E-state index contributed by atoms with van der Waals surface area (Å²) in [6.07, 6.45) is -0.630. The second-order valence-corrected chi connectivity index (χ2v) is 6.56. The van der Waals surface area contributed by atoms with Crippen LogP contribution in [0.4, 0.5) is 25.0 Å². The summed E-state index contributed by atoms with van der Waals surface area (Å²) in [6, 6.07) is 11.8. The summed E-state index contributed by atoms with van der Waals surface area (Å²) in [4.78, 5) is 24.1. The number of nitrogens with one attached hydrogen (secondary N) is 2. The molecule has 0 radical (unpaired) electrons. The van der Waals surface area contributed by atoms with E-state index in [0.717, 1.165) is 0 Å². The van der Waals surface area contributed by atoms with Crippen molar-refractivity contribution in [3.63, 3.8) is 0 Å². The van der Waals surface area contributed by atoms with Crippen molar-refractivity contribution in [2.45, 2.75) is 33.0 Å². The van der Waals surface area contributed by atoms with Crippen LogP contribution in [0.5, 0.6) is 5.75 Å². The quantitative estimate of drug-likeness (QED) is 0.777. The van der Waals surface area contributed by atoms with Crippen molar-refractivity contribution in [2.75, 3.05) is 10.6 Å². The highest BCUT2D eigenvalue weighted by Gasteiger charge is 2.16. The monoisotopic (exact) mass is 378 g/mol. The lowest BCUT2D eigenvalue weighted by atomic mass is 10.2. The van der Waals surface area contributed by atoms with Gasteiger partial charge in [0.05, 0.1) is 0 Å². The largest absolute Gasteiger partial charge is 0.444 e. The van der Waals surface area contributed by atoms with Gasteiger partial charge in [-0.3, -0.25) is 10.1 Å². The van der Waals surface area contributed by atoms with Crippen molar-refractivity contribution in [2.24, 2.45) is 0 Å². The lowest BCUT2D eigenvalue weighted by Crippen LogP contribution is -2.27. The van der Waals surface area contributed by atoms with Crippen molar-refractivity contribution in [3.8, 4) is 5.75 Å². The zero-order chi connectivity index (χ0) is 20.0. The van der Waals surface area contributed by atoms with Crippen molar-refractivity contribution in [3.05, 3.63) is 54.1 Å². The fraction of sp³-hybridized carbons (Fsp3) is 0.263. The van der Waals surface area contributed by atoms with Crippen LogP contribution in [-0.4, -0.2) is 24.2 Å². The Hall–Kier alpha value is -3.16. The van der Waals surface area contributed by atoms with Crippen LogP contribution in [0, 0.1) is 0 Å². The molecule has 8 heteroatoms. The third kappa shape index (κ3) is 6.93. The van der Waals surface area contributed by atoms with Gasteiger partial charge in [-0.15, -0.1) is 0 Å². The number of rotatable bonds is 5. The van der Waals surface area contributed by atoms with Gasteiger partial charge in [0.15, 0.2) is 0 Å². The number of ether oxygens (including phenoxy) is 2. The van der Waals surface area contributed by atoms with E-state index >= 15 is 0 Å². The van der Waals surface area contributed by atoms with Crippen molar-refractivity contribution in [1.82, 2.24) is 0 Å². The zero-order valence-corrected chi connectivity index (χ0v) is 15.1. The maximum atomic E-state index is 12.3. The third-order valence-electron chi connectivity index (χ3n) is 3.11. The summed E-state index contributed by atoms with van der Waals surface area (Å²) in [5.41, 5.74) is 0.473. The molecule has 2 N–H and O–H groups in total. The molecule has 0 fully saturated rings. The van der Waals surface area contributed by atoms with E-state index in [1.54, 1.807) is 39.0 Å². The molecule has 0 aliphatic rings. The van der Waals surface area contributed by atoms with E-state index in [4.69, 9.17) is 4.74 Å². The Morgan fingerprint density at radius 3 is 2.22 bits per heavy atom. The highest BCUT2D eigenvalue weighted by atomic mass is 19.3. The van der Waals surface area contributed by atoms with Gasteiger partial charge in [0, 0.05) is 16.9 Å². The summed E-state index contributed by atoms with van der Waals surface area (Å²) in [7, 11) is 0. The van der Waals surface area contributed by atoms with E-state index in [1.165, 1.54) is 30.3 Å². The minimum Gasteiger partial charge on any atom is -0.444 e. The minimum absolute atomic E-state index is 0.00782. The molecule has 2 aromatic carbocycles. The third-order valence-corrected chi connectivity index (χ3v) is 3.11. The van der Waals surface area contributed by atoms with Gasteiger partial charge in [0.1, 0.15) is 11.4 Å². The molecule has 0 bridgehead atoms. The molecule has 0 heterocycles. The standard InChI is InChI=1S/C19H20F2N2O4/c1-19(2,3)27-18(25)23-14-6-4-5-12(11-14)16(24)22-13-7-9-15(10-8-13)26-17(20)21/h4-11,17H,1-3H3,(H,22,24)(H,23,25). The molecule has 0 aromatic heterocycles. The van der Waals surface area contributed by atoms with E-state index in [1.807, 2.05) is 0 Å². The molecule has 0 atom stereocenters. The van der Waals surface area contributed by atoms with E-state index in [2.05, 4.69) is 15.4 Å². The molecule has 2 amide bonds. The van der Waals surface area contributed by atoms with Gasteiger partial charge in [-0.25, -0.2) is 4.79 Å². The topological polar surface area (TPSA) is 76.7 Å². The fourth-order valence-electron chi connectivity index (χ4n) is 2.08. The molecule has 144 valence electrons. The Balaban J connectivity index is 2.01. The number of carbonyl (C=O) groups is 2. The van der Waals surface area contributed by atoms with Crippen LogP contribution in [0.25, 0.3) is 0 Å². The van der Waals surface area contributed by atoms with Gasteiger partial charge in [-0.1, -0.05) is 6.07 Å². The van der Waals surface area contributed by atoms with Crippen molar-refractivity contribution in [1.29, 1.82) is 0 Å². The number of carbonyl (C=O) groups excluding carboxylic acids is 2. The number of anilines is 2. The first-order valence-electron chi connectivity index (χ1n) is 8.09. The molecule has 6 nitrogen and oxygen atoms in total. The van der Waals surface area contributed by atoms with E-state index in [-0.39, 0.29) is 5.75 Å². The van der Waals surface area contributed by atoms with Crippen LogP contribution in [0.15, 0.2) is 48.5 Å². The maximum Gasteiger partial charge on any atom is 0.412 e. The molecular weight excluding hydrogens is 358 g/mol. The molecule has 27 heavy (non-hydrogen) atoms. The van der Waals surface area contributed by atoms with Gasteiger partial charge < -0.3 is 14.8 Å². The predicted molar refractivity (Wildman–Crippen MR) is 97.3 cm³/mol. The van der Waals surface area contributed by atoms with E-state index < -0.39 is 24.2 Å². The summed E-state index contributed by atoms with van der Waals surface area (Å²) >= 11 is 0. The number of alkyl halides is 2. The summed E-state index contributed by atoms with van der Waals surface area (Å²) in [5, 5.41) is 5.19. The second kappa shape index (κ2) is 8.48. The normalized spacial score (nSPS) is 11.0. The minimum atomic E-state index is -2.91. The van der Waals surface area contributed by atoms with Crippen LogP contribution in [0.3, 0.4) is 0 Å². The molecule has 0 saturated heterocycles. The first-order chi connectivity index (χ1) is 12.6. The van der Waals surface area contributed by atoms with Gasteiger partial charge >= 0.3 is 12.7 Å². The Labute approximate surface area is 155 Å². The molecule has 2 aromatic rings. The van der Waals surface area contributed by atoms with Crippen LogP contribution in [0.1, 0.15) is 31.1 Å². The molecule has 0 unspecified atom stereocenters. The Bertz CT molecular complexity index is 802. The smallest absolute Gasteiger partial charge is 0.412 e. The van der Waals surface area contributed by atoms with Gasteiger partial charge in [0.2, 0.25) is 0 Å². The predicted octanol–water partition coefficient (Wildman–Crippen LogP) is 4.89. The molecule has 0 saturated carbocycles. The van der Waals surface area contributed by atoms with Gasteiger partial charge in [0.25, 0.3) is 5.91 Å². The van der Waals surface area contributed by atoms with Gasteiger partial charge in [-0.2, -0.15) is 8.78 Å². The van der Waals surface area contributed by atoms with Crippen LogP contribution < -0.4 is 15.4 Å². The lowest BCUT2D eigenvalue weighted by molar-refractivity contribution is -0.0498. The first-order valence-corrected chi connectivity index (χ1v) is 8.09. The Kier molecular flexibility index (Phi) is 6.33. The molecule has 0 aliphatic carbocycles. The molecule has 0 aliphatic heterocycles. The number of halogens is 2. The highest BCUT2D eigenvalue weighted by molar-refractivity contribution is 6.05. The summed E-state index contributed by atoms with van der Waals surface area (Å²) < 4.78 is 33.7. The maximum absolute atomic E-state index is 12.3. The first kappa shape index (κ1) is 20.2. The average molecular weight is 378 g/mol. The SMILES string of the molecule is CC(C)(C)OC(=O)Nc1cccc(C(=O)Nc2ccc(OC(F)F)cc2)c1. The Morgan fingerprint density at radius 1 is 0.963 bits per heavy atom. The van der Waals surface area contributed by atoms with Crippen molar-refractivity contribution >= 4 is 23.4 Å². The fourth-order valence-corrected chi connectivity index (χ4v) is 2.08. The van der Waals surface area contributed by atoms with Crippen LogP contribution in [-0.2, 0) is 4.74 Å². The lowest BCUT2D eigenvalue weighted by Gasteiger charge is -2.19. The highest BCUT2D eigenvalue weighted by Crippen LogP contribution is 2.19. The van der Waals surface area contributed by atoms with E-state index in [9.17, 15) is 18.4 Å². The molecule has 0 spiro atoms. The van der Waals surface area contributed by atoms with Crippen LogP contribution >= 0.6 is 0 Å². The Morgan fingerprint density at radius 2 is 1.63 bits per heavy atom. The molecular formula is C19H20F2N2O4. The van der Waals surface area contributed by atoms with E-state index in [0.29, 0.717) is 16.9 Å².